The van der Waals surface area contributed by atoms with Crippen LogP contribution in [0.2, 0.25) is 0 Å². The molecule has 0 aliphatic heterocycles. The number of benzene rings is 1. The Balaban J connectivity index is 1.79. The van der Waals surface area contributed by atoms with Gasteiger partial charge in [-0.15, -0.1) is 0 Å². The molecule has 2 rings (SSSR count). The summed E-state index contributed by atoms with van der Waals surface area (Å²) in [5, 5.41) is 2.98. The lowest BCUT2D eigenvalue weighted by Crippen LogP contribution is -2.36. The van der Waals surface area contributed by atoms with Crippen molar-refractivity contribution in [3.63, 3.8) is 0 Å². The van der Waals surface area contributed by atoms with Crippen molar-refractivity contribution in [2.24, 2.45) is 5.73 Å². The van der Waals surface area contributed by atoms with Gasteiger partial charge in [-0.2, -0.15) is 0 Å². The molecule has 0 bridgehead atoms. The maximum atomic E-state index is 12.0. The molecule has 0 radical (unpaired) electrons. The third-order valence-electron chi connectivity index (χ3n) is 3.58. The molecule has 0 spiro atoms. The standard InChI is InChI=1S/C15H23N3O/c1-2-18(14-6-7-14)9-8-17-15(19)13-5-3-4-12(10-13)11-16/h3-5,10,14H,2,6-9,11,16H2,1H3,(H,17,19). The topological polar surface area (TPSA) is 58.4 Å². The summed E-state index contributed by atoms with van der Waals surface area (Å²) in [5.41, 5.74) is 7.26. The summed E-state index contributed by atoms with van der Waals surface area (Å²) in [7, 11) is 0. The molecular weight excluding hydrogens is 238 g/mol. The average molecular weight is 261 g/mol. The van der Waals surface area contributed by atoms with Crippen molar-refractivity contribution in [2.45, 2.75) is 32.4 Å². The van der Waals surface area contributed by atoms with Gasteiger partial charge in [-0.3, -0.25) is 9.69 Å². The number of nitrogens with two attached hydrogens (primary N) is 1. The van der Waals surface area contributed by atoms with E-state index in [-0.39, 0.29) is 5.91 Å². The van der Waals surface area contributed by atoms with Gasteiger partial charge in [0, 0.05) is 31.2 Å². The van der Waals surface area contributed by atoms with Crippen LogP contribution >= 0.6 is 0 Å². The van der Waals surface area contributed by atoms with Gasteiger partial charge >= 0.3 is 0 Å². The fourth-order valence-corrected chi connectivity index (χ4v) is 2.29. The average Bonchev–Trinajstić information content (AvgIpc) is 3.28. The molecule has 0 aromatic heterocycles. The van der Waals surface area contributed by atoms with Crippen LogP contribution in [0.3, 0.4) is 0 Å². The Morgan fingerprint density at radius 1 is 1.47 bits per heavy atom. The zero-order chi connectivity index (χ0) is 13.7. The van der Waals surface area contributed by atoms with E-state index in [0.717, 1.165) is 24.7 Å². The van der Waals surface area contributed by atoms with Gasteiger partial charge in [0.05, 0.1) is 0 Å². The Hall–Kier alpha value is -1.39. The highest BCUT2D eigenvalue weighted by Crippen LogP contribution is 2.25. The molecule has 1 aliphatic carbocycles. The molecule has 0 heterocycles. The molecule has 1 aliphatic rings. The van der Waals surface area contributed by atoms with Gasteiger partial charge in [0.1, 0.15) is 0 Å². The van der Waals surface area contributed by atoms with Crippen LogP contribution in [0.5, 0.6) is 0 Å². The van der Waals surface area contributed by atoms with E-state index in [4.69, 9.17) is 5.73 Å². The number of hydrogen-bond donors (Lipinski definition) is 2. The molecule has 104 valence electrons. The van der Waals surface area contributed by atoms with Crippen molar-refractivity contribution < 1.29 is 4.79 Å². The SMILES string of the molecule is CCN(CCNC(=O)c1cccc(CN)c1)C1CC1. The predicted octanol–water partition coefficient (Wildman–Crippen LogP) is 1.36. The summed E-state index contributed by atoms with van der Waals surface area (Å²) in [6.45, 7) is 5.33. The second-order valence-electron chi connectivity index (χ2n) is 5.02. The molecule has 1 amide bonds. The number of carbonyl (C=O) groups excluding carboxylic acids is 1. The van der Waals surface area contributed by atoms with Gasteiger partial charge in [0.2, 0.25) is 0 Å². The number of likely N-dealkylation sites (N-methyl/N-ethyl adjacent to an activating group) is 1. The second kappa shape index (κ2) is 6.68. The number of amides is 1. The largest absolute Gasteiger partial charge is 0.351 e. The molecule has 4 heteroatoms. The maximum Gasteiger partial charge on any atom is 0.251 e. The van der Waals surface area contributed by atoms with Crippen molar-refractivity contribution in [3.05, 3.63) is 35.4 Å². The van der Waals surface area contributed by atoms with Crippen LogP contribution in [0, 0.1) is 0 Å². The summed E-state index contributed by atoms with van der Waals surface area (Å²) >= 11 is 0. The summed E-state index contributed by atoms with van der Waals surface area (Å²) in [4.78, 5) is 14.4. The summed E-state index contributed by atoms with van der Waals surface area (Å²) in [6, 6.07) is 8.24. The van der Waals surface area contributed by atoms with Crippen molar-refractivity contribution in [1.82, 2.24) is 10.2 Å². The van der Waals surface area contributed by atoms with Gasteiger partial charge in [0.25, 0.3) is 5.91 Å². The fraction of sp³-hybridized carbons (Fsp3) is 0.533. The van der Waals surface area contributed by atoms with E-state index in [1.54, 1.807) is 0 Å². The van der Waals surface area contributed by atoms with Gasteiger partial charge in [-0.1, -0.05) is 19.1 Å². The Labute approximate surface area is 115 Å². The van der Waals surface area contributed by atoms with E-state index >= 15 is 0 Å². The third kappa shape index (κ3) is 4.04. The van der Waals surface area contributed by atoms with Gasteiger partial charge < -0.3 is 11.1 Å². The van der Waals surface area contributed by atoms with E-state index < -0.39 is 0 Å². The fourth-order valence-electron chi connectivity index (χ4n) is 2.29. The number of hydrogen-bond acceptors (Lipinski definition) is 3. The molecular formula is C15H23N3O. The quantitative estimate of drug-likeness (QED) is 0.779. The molecule has 1 fully saturated rings. The highest BCUT2D eigenvalue weighted by molar-refractivity contribution is 5.94. The molecule has 0 unspecified atom stereocenters. The first-order valence-electron chi connectivity index (χ1n) is 7.06. The number of carbonyl (C=O) groups is 1. The number of rotatable bonds is 7. The first-order chi connectivity index (χ1) is 9.24. The van der Waals surface area contributed by atoms with Crippen molar-refractivity contribution >= 4 is 5.91 Å². The number of nitrogens with zero attached hydrogens (tertiary/aromatic N) is 1. The molecule has 0 saturated heterocycles. The van der Waals surface area contributed by atoms with Crippen molar-refractivity contribution in [1.29, 1.82) is 0 Å². The van der Waals surface area contributed by atoms with E-state index in [9.17, 15) is 4.79 Å². The highest BCUT2D eigenvalue weighted by atomic mass is 16.1. The van der Waals surface area contributed by atoms with Crippen LogP contribution in [0.15, 0.2) is 24.3 Å². The second-order valence-corrected chi connectivity index (χ2v) is 5.02. The minimum atomic E-state index is -0.0119. The smallest absolute Gasteiger partial charge is 0.251 e. The summed E-state index contributed by atoms with van der Waals surface area (Å²) in [6.07, 6.45) is 2.61. The summed E-state index contributed by atoms with van der Waals surface area (Å²) < 4.78 is 0. The number of nitrogens with one attached hydrogen (secondary N) is 1. The third-order valence-corrected chi connectivity index (χ3v) is 3.58. The van der Waals surface area contributed by atoms with Crippen LogP contribution in [-0.2, 0) is 6.54 Å². The molecule has 0 atom stereocenters. The monoisotopic (exact) mass is 261 g/mol. The Bertz CT molecular complexity index is 429. The van der Waals surface area contributed by atoms with Gasteiger partial charge in [0.15, 0.2) is 0 Å². The lowest BCUT2D eigenvalue weighted by molar-refractivity contribution is 0.0948. The summed E-state index contributed by atoms with van der Waals surface area (Å²) in [5.74, 6) is -0.0119. The van der Waals surface area contributed by atoms with Crippen LogP contribution < -0.4 is 11.1 Å². The van der Waals surface area contributed by atoms with Crippen molar-refractivity contribution in [3.8, 4) is 0 Å². The van der Waals surface area contributed by atoms with Crippen molar-refractivity contribution in [2.75, 3.05) is 19.6 Å². The van der Waals surface area contributed by atoms with Crippen LogP contribution in [-0.4, -0.2) is 36.5 Å². The van der Waals surface area contributed by atoms with Crippen LogP contribution in [0.1, 0.15) is 35.7 Å². The lowest BCUT2D eigenvalue weighted by Gasteiger charge is -2.19. The van der Waals surface area contributed by atoms with E-state index in [1.807, 2.05) is 24.3 Å². The predicted molar refractivity (Wildman–Crippen MR) is 76.9 cm³/mol. The lowest BCUT2D eigenvalue weighted by atomic mass is 10.1. The highest BCUT2D eigenvalue weighted by Gasteiger charge is 2.27. The first kappa shape index (κ1) is 14.0. The minimum Gasteiger partial charge on any atom is -0.351 e. The molecule has 1 saturated carbocycles. The van der Waals surface area contributed by atoms with Crippen LogP contribution in [0.4, 0.5) is 0 Å². The van der Waals surface area contributed by atoms with Gasteiger partial charge in [-0.05, 0) is 37.1 Å². The van der Waals surface area contributed by atoms with Crippen LogP contribution in [0.25, 0.3) is 0 Å². The Morgan fingerprint density at radius 2 is 2.26 bits per heavy atom. The molecule has 19 heavy (non-hydrogen) atoms. The molecule has 1 aromatic carbocycles. The normalized spacial score (nSPS) is 14.7. The molecule has 1 aromatic rings. The minimum absolute atomic E-state index is 0.0119. The molecule has 4 nitrogen and oxygen atoms in total. The molecule has 3 N–H and O–H groups in total. The zero-order valence-electron chi connectivity index (χ0n) is 11.6. The Morgan fingerprint density at radius 3 is 2.89 bits per heavy atom. The Kier molecular flexibility index (Phi) is 4.93. The van der Waals surface area contributed by atoms with E-state index in [0.29, 0.717) is 18.7 Å². The van der Waals surface area contributed by atoms with Gasteiger partial charge in [-0.25, -0.2) is 0 Å². The van der Waals surface area contributed by atoms with E-state index in [2.05, 4.69) is 17.1 Å². The maximum absolute atomic E-state index is 12.0. The van der Waals surface area contributed by atoms with E-state index in [1.165, 1.54) is 12.8 Å². The first-order valence-corrected chi connectivity index (χ1v) is 7.06. The zero-order valence-corrected chi connectivity index (χ0v) is 11.6.